The van der Waals surface area contributed by atoms with Gasteiger partial charge < -0.3 is 10.4 Å². The van der Waals surface area contributed by atoms with Gasteiger partial charge in [0, 0.05) is 10.0 Å². The fraction of sp³-hybridized carbons (Fsp3) is 0. The first kappa shape index (κ1) is 14.9. The molecule has 3 rings (SSSR count). The number of amidine groups is 1. The van der Waals surface area contributed by atoms with Gasteiger partial charge in [0.1, 0.15) is 5.75 Å². The molecule has 0 aliphatic carbocycles. The highest BCUT2D eigenvalue weighted by Gasteiger charge is 2.24. The summed E-state index contributed by atoms with van der Waals surface area (Å²) < 4.78 is 0.832. The van der Waals surface area contributed by atoms with Crippen LogP contribution in [0.2, 0.25) is 0 Å². The van der Waals surface area contributed by atoms with Gasteiger partial charge in [0.2, 0.25) is 0 Å². The molecule has 0 atom stereocenters. The lowest BCUT2D eigenvalue weighted by atomic mass is 10.2. The number of aliphatic imine (C=N–C) groups is 1. The highest BCUT2D eigenvalue weighted by Crippen LogP contribution is 2.31. The van der Waals surface area contributed by atoms with E-state index in [1.54, 1.807) is 24.3 Å². The molecule has 2 aromatic carbocycles. The molecule has 2 aromatic rings. The lowest BCUT2D eigenvalue weighted by Gasteiger charge is -2.00. The molecule has 1 amide bonds. The van der Waals surface area contributed by atoms with E-state index in [1.165, 1.54) is 11.8 Å². The van der Waals surface area contributed by atoms with Crippen molar-refractivity contribution < 1.29 is 9.90 Å². The van der Waals surface area contributed by atoms with Crippen LogP contribution in [0.1, 0.15) is 5.56 Å². The Morgan fingerprint density at radius 2 is 1.95 bits per heavy atom. The maximum atomic E-state index is 12.0. The number of benzene rings is 2. The van der Waals surface area contributed by atoms with Crippen LogP contribution in [0.3, 0.4) is 0 Å². The molecule has 0 aromatic heterocycles. The van der Waals surface area contributed by atoms with Crippen molar-refractivity contribution in [2.24, 2.45) is 4.99 Å². The van der Waals surface area contributed by atoms with E-state index in [-0.39, 0.29) is 11.7 Å². The van der Waals surface area contributed by atoms with Gasteiger partial charge in [-0.1, -0.05) is 34.1 Å². The molecule has 1 fully saturated rings. The number of hydrogen-bond acceptors (Lipinski definition) is 4. The number of hydrogen-bond donors (Lipinski definition) is 2. The summed E-state index contributed by atoms with van der Waals surface area (Å²) in [6.07, 6.45) is 1.65. The first-order chi connectivity index (χ1) is 10.6. The number of carbonyl (C=O) groups is 1. The summed E-state index contributed by atoms with van der Waals surface area (Å²) in [6, 6.07) is 14.5. The number of carbonyl (C=O) groups excluding carboxylic acids is 1. The van der Waals surface area contributed by atoms with Gasteiger partial charge >= 0.3 is 0 Å². The normalized spacial score (nSPS) is 18.0. The summed E-state index contributed by atoms with van der Waals surface area (Å²) in [5.41, 5.74) is 1.35. The topological polar surface area (TPSA) is 61.7 Å². The number of nitrogens with zero attached hydrogens (tertiary/aromatic N) is 1. The molecule has 4 nitrogen and oxygen atoms in total. The van der Waals surface area contributed by atoms with Gasteiger partial charge in [0.15, 0.2) is 5.17 Å². The average molecular weight is 375 g/mol. The predicted molar refractivity (Wildman–Crippen MR) is 93.1 cm³/mol. The minimum absolute atomic E-state index is 0.123. The second-order valence-electron chi connectivity index (χ2n) is 4.52. The Labute approximate surface area is 140 Å². The maximum absolute atomic E-state index is 12.0. The molecule has 22 heavy (non-hydrogen) atoms. The first-order valence-corrected chi connectivity index (χ1v) is 8.06. The van der Waals surface area contributed by atoms with Gasteiger partial charge in [-0.3, -0.25) is 4.79 Å². The Kier molecular flexibility index (Phi) is 4.31. The summed E-state index contributed by atoms with van der Waals surface area (Å²) in [6.45, 7) is 0. The zero-order valence-electron chi connectivity index (χ0n) is 11.3. The van der Waals surface area contributed by atoms with E-state index >= 15 is 0 Å². The van der Waals surface area contributed by atoms with Crippen molar-refractivity contribution in [3.8, 4) is 5.75 Å². The molecular formula is C16H11BrN2O2S. The maximum Gasteiger partial charge on any atom is 0.264 e. The molecule has 0 radical (unpaired) electrons. The molecule has 0 bridgehead atoms. The summed E-state index contributed by atoms with van der Waals surface area (Å²) in [7, 11) is 0. The third-order valence-corrected chi connectivity index (χ3v) is 4.32. The monoisotopic (exact) mass is 374 g/mol. The molecule has 1 aliphatic heterocycles. The summed E-state index contributed by atoms with van der Waals surface area (Å²) in [4.78, 5) is 16.9. The number of para-hydroxylation sites is 1. The summed E-state index contributed by atoms with van der Waals surface area (Å²) in [5, 5.41) is 13.1. The molecule has 6 heteroatoms. The minimum Gasteiger partial charge on any atom is -0.507 e. The zero-order valence-corrected chi connectivity index (χ0v) is 13.7. The minimum atomic E-state index is -0.223. The second-order valence-corrected chi connectivity index (χ2v) is 6.47. The Morgan fingerprint density at radius 1 is 1.18 bits per heavy atom. The van der Waals surface area contributed by atoms with Crippen LogP contribution >= 0.6 is 27.7 Å². The summed E-state index contributed by atoms with van der Waals surface area (Å²) in [5.74, 6) is -0.100. The van der Waals surface area contributed by atoms with E-state index in [0.29, 0.717) is 15.6 Å². The molecule has 1 saturated heterocycles. The number of nitrogens with one attached hydrogen (secondary N) is 1. The number of phenols is 1. The fourth-order valence-corrected chi connectivity index (χ4v) is 3.09. The van der Waals surface area contributed by atoms with Crippen LogP contribution in [0, 0.1) is 0 Å². The third kappa shape index (κ3) is 3.40. The van der Waals surface area contributed by atoms with Crippen LogP contribution in [0.4, 0.5) is 5.69 Å². The van der Waals surface area contributed by atoms with Crippen LogP contribution in [0.5, 0.6) is 5.75 Å². The number of aromatic hydroxyl groups is 1. The van der Waals surface area contributed by atoms with Crippen molar-refractivity contribution in [3.05, 3.63) is 63.5 Å². The van der Waals surface area contributed by atoms with E-state index in [4.69, 9.17) is 0 Å². The largest absolute Gasteiger partial charge is 0.507 e. The Morgan fingerprint density at radius 3 is 2.73 bits per heavy atom. The van der Waals surface area contributed by atoms with Gasteiger partial charge in [-0.25, -0.2) is 4.99 Å². The Balaban J connectivity index is 1.87. The lowest BCUT2D eigenvalue weighted by Crippen LogP contribution is -2.19. The van der Waals surface area contributed by atoms with Crippen LogP contribution in [-0.2, 0) is 4.79 Å². The molecular weight excluding hydrogens is 364 g/mol. The van der Waals surface area contributed by atoms with E-state index in [1.807, 2.05) is 30.3 Å². The number of halogens is 1. The van der Waals surface area contributed by atoms with E-state index in [2.05, 4.69) is 26.2 Å². The molecule has 1 heterocycles. The number of amides is 1. The average Bonchev–Trinajstić information content (AvgIpc) is 2.84. The van der Waals surface area contributed by atoms with Crippen molar-refractivity contribution in [3.63, 3.8) is 0 Å². The van der Waals surface area contributed by atoms with Crippen molar-refractivity contribution in [1.82, 2.24) is 5.32 Å². The van der Waals surface area contributed by atoms with Crippen molar-refractivity contribution >= 4 is 50.5 Å². The number of thioether (sulfide) groups is 1. The summed E-state index contributed by atoms with van der Waals surface area (Å²) >= 11 is 4.59. The quantitative estimate of drug-likeness (QED) is 0.779. The van der Waals surface area contributed by atoms with Crippen molar-refractivity contribution in [2.75, 3.05) is 0 Å². The van der Waals surface area contributed by atoms with Gasteiger partial charge in [-0.15, -0.1) is 0 Å². The van der Waals surface area contributed by atoms with Crippen LogP contribution in [-0.4, -0.2) is 16.2 Å². The van der Waals surface area contributed by atoms with Crippen LogP contribution in [0.25, 0.3) is 6.08 Å². The molecule has 1 aliphatic rings. The van der Waals surface area contributed by atoms with E-state index in [0.717, 1.165) is 10.2 Å². The van der Waals surface area contributed by atoms with E-state index in [9.17, 15) is 9.90 Å². The lowest BCUT2D eigenvalue weighted by molar-refractivity contribution is -0.115. The molecule has 0 spiro atoms. The smallest absolute Gasteiger partial charge is 0.264 e. The van der Waals surface area contributed by atoms with Crippen molar-refractivity contribution in [2.45, 2.75) is 0 Å². The standard InChI is InChI=1S/C16H11BrN2O2S/c17-11-6-7-13(20)10(8-11)9-14-15(21)19-16(22-14)18-12-4-2-1-3-5-12/h1-9,20H,(H,18,19,21)/b14-9+. The first-order valence-electron chi connectivity index (χ1n) is 6.45. The molecule has 2 N–H and O–H groups in total. The third-order valence-electron chi connectivity index (χ3n) is 2.91. The number of phenolic OH excluding ortho intramolecular Hbond substituents is 1. The Bertz CT molecular complexity index is 788. The number of rotatable bonds is 2. The second kappa shape index (κ2) is 6.37. The Hall–Kier alpha value is -2.05. The molecule has 0 unspecified atom stereocenters. The fourth-order valence-electron chi connectivity index (χ4n) is 1.88. The van der Waals surface area contributed by atoms with Crippen LogP contribution < -0.4 is 5.32 Å². The van der Waals surface area contributed by atoms with Gasteiger partial charge in [-0.2, -0.15) is 0 Å². The SMILES string of the molecule is O=C1NC(=Nc2ccccc2)S/C1=C/c1cc(Br)ccc1O. The van der Waals surface area contributed by atoms with Gasteiger partial charge in [0.05, 0.1) is 10.6 Å². The van der Waals surface area contributed by atoms with Gasteiger partial charge in [0.25, 0.3) is 5.91 Å². The predicted octanol–water partition coefficient (Wildman–Crippen LogP) is 4.05. The zero-order chi connectivity index (χ0) is 15.5. The molecule has 0 saturated carbocycles. The highest BCUT2D eigenvalue weighted by molar-refractivity contribution is 9.10. The van der Waals surface area contributed by atoms with Gasteiger partial charge in [-0.05, 0) is 48.2 Å². The van der Waals surface area contributed by atoms with Crippen molar-refractivity contribution in [1.29, 1.82) is 0 Å². The van der Waals surface area contributed by atoms with E-state index < -0.39 is 0 Å². The molecule has 110 valence electrons. The van der Waals surface area contributed by atoms with Crippen LogP contribution in [0.15, 0.2) is 62.9 Å². The highest BCUT2D eigenvalue weighted by atomic mass is 79.9.